The van der Waals surface area contributed by atoms with Crippen LogP contribution in [0.15, 0.2) is 27.1 Å². The van der Waals surface area contributed by atoms with Gasteiger partial charge in [-0.15, -0.1) is 0 Å². The van der Waals surface area contributed by atoms with E-state index in [1.165, 1.54) is 6.42 Å². The standard InChI is InChI=1S/C12H15Br2NO/c13-8-4-3-5-9(14)12(8)15-10-6-1-2-7-11(10)16/h3-5,10-11,15-16H,1-2,6-7H2/t10-,11-/m0/s1. The zero-order valence-corrected chi connectivity index (χ0v) is 12.1. The van der Waals surface area contributed by atoms with Crippen LogP contribution in [0.25, 0.3) is 0 Å². The predicted molar refractivity (Wildman–Crippen MR) is 73.7 cm³/mol. The maximum absolute atomic E-state index is 9.92. The van der Waals surface area contributed by atoms with Crippen molar-refractivity contribution < 1.29 is 5.11 Å². The van der Waals surface area contributed by atoms with Crippen LogP contribution in [0.5, 0.6) is 0 Å². The van der Waals surface area contributed by atoms with Crippen molar-refractivity contribution in [3.8, 4) is 0 Å². The van der Waals surface area contributed by atoms with Crippen molar-refractivity contribution in [3.05, 3.63) is 27.1 Å². The Hall–Kier alpha value is -0.0600. The van der Waals surface area contributed by atoms with Crippen LogP contribution in [0, 0.1) is 0 Å². The number of halogens is 2. The summed E-state index contributed by atoms with van der Waals surface area (Å²) in [5.41, 5.74) is 1.04. The molecule has 0 saturated heterocycles. The minimum Gasteiger partial charge on any atom is -0.391 e. The van der Waals surface area contributed by atoms with Gasteiger partial charge in [-0.25, -0.2) is 0 Å². The van der Waals surface area contributed by atoms with Gasteiger partial charge < -0.3 is 10.4 Å². The summed E-state index contributed by atoms with van der Waals surface area (Å²) in [7, 11) is 0. The smallest absolute Gasteiger partial charge is 0.0741 e. The van der Waals surface area contributed by atoms with Crippen LogP contribution in [-0.2, 0) is 0 Å². The first kappa shape index (κ1) is 12.4. The largest absolute Gasteiger partial charge is 0.391 e. The third-order valence-electron chi connectivity index (χ3n) is 3.02. The molecule has 0 radical (unpaired) electrons. The lowest BCUT2D eigenvalue weighted by Crippen LogP contribution is -2.36. The lowest BCUT2D eigenvalue weighted by molar-refractivity contribution is 0.116. The van der Waals surface area contributed by atoms with E-state index in [0.717, 1.165) is 33.9 Å². The molecular formula is C12H15Br2NO. The van der Waals surface area contributed by atoms with Crippen molar-refractivity contribution in [2.24, 2.45) is 0 Å². The summed E-state index contributed by atoms with van der Waals surface area (Å²) in [6.07, 6.45) is 4.04. The zero-order valence-electron chi connectivity index (χ0n) is 8.92. The van der Waals surface area contributed by atoms with E-state index >= 15 is 0 Å². The molecule has 1 saturated carbocycles. The molecule has 0 bridgehead atoms. The van der Waals surface area contributed by atoms with E-state index in [4.69, 9.17) is 0 Å². The number of benzene rings is 1. The average Bonchev–Trinajstić information content (AvgIpc) is 2.26. The van der Waals surface area contributed by atoms with E-state index in [1.807, 2.05) is 18.2 Å². The maximum Gasteiger partial charge on any atom is 0.0741 e. The van der Waals surface area contributed by atoms with Gasteiger partial charge in [0.2, 0.25) is 0 Å². The van der Waals surface area contributed by atoms with Gasteiger partial charge in [-0.2, -0.15) is 0 Å². The minimum atomic E-state index is -0.229. The fourth-order valence-electron chi connectivity index (χ4n) is 2.10. The summed E-state index contributed by atoms with van der Waals surface area (Å²) in [5.74, 6) is 0. The number of aliphatic hydroxyl groups is 1. The van der Waals surface area contributed by atoms with Gasteiger partial charge in [0.05, 0.1) is 17.8 Å². The molecule has 1 aliphatic rings. The van der Waals surface area contributed by atoms with E-state index in [9.17, 15) is 5.11 Å². The molecule has 1 aromatic rings. The van der Waals surface area contributed by atoms with Gasteiger partial charge in [0.25, 0.3) is 0 Å². The van der Waals surface area contributed by atoms with E-state index in [-0.39, 0.29) is 12.1 Å². The highest BCUT2D eigenvalue weighted by atomic mass is 79.9. The van der Waals surface area contributed by atoms with Crippen LogP contribution in [0.1, 0.15) is 25.7 Å². The molecule has 0 amide bonds. The molecule has 2 rings (SSSR count). The van der Waals surface area contributed by atoms with Gasteiger partial charge in [0, 0.05) is 8.95 Å². The van der Waals surface area contributed by atoms with Crippen molar-refractivity contribution in [1.82, 2.24) is 0 Å². The van der Waals surface area contributed by atoms with Crippen LogP contribution in [0.3, 0.4) is 0 Å². The second-order valence-corrected chi connectivity index (χ2v) is 5.91. The van der Waals surface area contributed by atoms with Gasteiger partial charge in [-0.1, -0.05) is 18.9 Å². The van der Waals surface area contributed by atoms with Crippen molar-refractivity contribution in [3.63, 3.8) is 0 Å². The highest BCUT2D eigenvalue weighted by Gasteiger charge is 2.23. The van der Waals surface area contributed by atoms with Crippen LogP contribution in [0.4, 0.5) is 5.69 Å². The van der Waals surface area contributed by atoms with Crippen molar-refractivity contribution in [2.45, 2.75) is 37.8 Å². The molecule has 16 heavy (non-hydrogen) atoms. The Morgan fingerprint density at radius 1 is 1.12 bits per heavy atom. The molecule has 0 aromatic heterocycles. The third-order valence-corrected chi connectivity index (χ3v) is 4.34. The van der Waals surface area contributed by atoms with E-state index in [2.05, 4.69) is 37.2 Å². The van der Waals surface area contributed by atoms with Crippen LogP contribution in [0.2, 0.25) is 0 Å². The molecule has 4 heteroatoms. The second kappa shape index (κ2) is 5.52. The molecule has 0 heterocycles. The number of aliphatic hydroxyl groups excluding tert-OH is 1. The van der Waals surface area contributed by atoms with Gasteiger partial charge >= 0.3 is 0 Å². The lowest BCUT2D eigenvalue weighted by Gasteiger charge is -2.30. The summed E-state index contributed by atoms with van der Waals surface area (Å²) in [4.78, 5) is 0. The van der Waals surface area contributed by atoms with Crippen LogP contribution < -0.4 is 5.32 Å². The number of hydrogen-bond donors (Lipinski definition) is 2. The third kappa shape index (κ3) is 2.79. The lowest BCUT2D eigenvalue weighted by atomic mass is 9.92. The Labute approximate surface area is 113 Å². The highest BCUT2D eigenvalue weighted by molar-refractivity contribution is 9.11. The first-order chi connectivity index (χ1) is 7.68. The average molecular weight is 349 g/mol. The number of rotatable bonds is 2. The molecule has 0 spiro atoms. The number of anilines is 1. The van der Waals surface area contributed by atoms with Crippen molar-refractivity contribution in [2.75, 3.05) is 5.32 Å². The normalized spacial score (nSPS) is 25.4. The quantitative estimate of drug-likeness (QED) is 0.848. The Morgan fingerprint density at radius 2 is 1.75 bits per heavy atom. The molecule has 2 atom stereocenters. The highest BCUT2D eigenvalue weighted by Crippen LogP contribution is 2.33. The molecule has 0 unspecified atom stereocenters. The summed E-state index contributed by atoms with van der Waals surface area (Å²) in [6.45, 7) is 0. The molecule has 1 aromatic carbocycles. The topological polar surface area (TPSA) is 32.3 Å². The van der Waals surface area contributed by atoms with Gasteiger partial charge in [0.1, 0.15) is 0 Å². The molecule has 2 nitrogen and oxygen atoms in total. The van der Waals surface area contributed by atoms with E-state index in [0.29, 0.717) is 0 Å². The van der Waals surface area contributed by atoms with Gasteiger partial charge in [0.15, 0.2) is 0 Å². The monoisotopic (exact) mass is 347 g/mol. The maximum atomic E-state index is 9.92. The Balaban J connectivity index is 2.13. The molecule has 88 valence electrons. The molecule has 0 aliphatic heterocycles. The Morgan fingerprint density at radius 3 is 2.38 bits per heavy atom. The summed E-state index contributed by atoms with van der Waals surface area (Å²) in [6, 6.07) is 6.16. The fraction of sp³-hybridized carbons (Fsp3) is 0.500. The van der Waals surface area contributed by atoms with E-state index < -0.39 is 0 Å². The second-order valence-electron chi connectivity index (χ2n) is 4.20. The number of hydrogen-bond acceptors (Lipinski definition) is 2. The molecular weight excluding hydrogens is 334 g/mol. The summed E-state index contributed by atoms with van der Waals surface area (Å²) < 4.78 is 2.05. The SMILES string of the molecule is O[C@H]1CCCC[C@@H]1Nc1c(Br)cccc1Br. The molecule has 2 N–H and O–H groups in total. The van der Waals surface area contributed by atoms with Crippen LogP contribution in [-0.4, -0.2) is 17.3 Å². The first-order valence-corrected chi connectivity index (χ1v) is 7.15. The molecule has 1 aliphatic carbocycles. The fourth-order valence-corrected chi connectivity index (χ4v) is 3.33. The summed E-state index contributed by atoms with van der Waals surface area (Å²) >= 11 is 7.04. The van der Waals surface area contributed by atoms with Gasteiger partial charge in [-0.05, 0) is 56.8 Å². The Kier molecular flexibility index (Phi) is 4.27. The van der Waals surface area contributed by atoms with E-state index in [1.54, 1.807) is 0 Å². The van der Waals surface area contributed by atoms with Crippen molar-refractivity contribution >= 4 is 37.5 Å². The predicted octanol–water partition coefficient (Wildman–Crippen LogP) is 3.93. The number of para-hydroxylation sites is 1. The molecule has 1 fully saturated rings. The zero-order chi connectivity index (χ0) is 11.5. The summed E-state index contributed by atoms with van der Waals surface area (Å²) in [5, 5.41) is 13.3. The van der Waals surface area contributed by atoms with Crippen molar-refractivity contribution in [1.29, 1.82) is 0 Å². The van der Waals surface area contributed by atoms with Gasteiger partial charge in [-0.3, -0.25) is 0 Å². The first-order valence-electron chi connectivity index (χ1n) is 5.57. The Bertz CT molecular complexity index is 350. The number of nitrogens with one attached hydrogen (secondary N) is 1. The van der Waals surface area contributed by atoms with Crippen LogP contribution >= 0.6 is 31.9 Å². The minimum absolute atomic E-state index is 0.170.